The van der Waals surface area contributed by atoms with E-state index in [1.807, 2.05) is 17.8 Å². The van der Waals surface area contributed by atoms with Gasteiger partial charge in [0.25, 0.3) is 0 Å². The summed E-state index contributed by atoms with van der Waals surface area (Å²) in [5.74, 6) is 1.85. The summed E-state index contributed by atoms with van der Waals surface area (Å²) in [6, 6.07) is 12.2. The highest BCUT2D eigenvalue weighted by atomic mass is 35.5. The number of aromatic nitrogens is 2. The Balaban J connectivity index is 1.60. The van der Waals surface area contributed by atoms with Crippen LogP contribution in [0.3, 0.4) is 0 Å². The van der Waals surface area contributed by atoms with Crippen molar-refractivity contribution < 1.29 is 14.3 Å². The first-order valence-electron chi connectivity index (χ1n) is 10.9. The van der Waals surface area contributed by atoms with E-state index in [0.717, 1.165) is 30.2 Å². The first kappa shape index (κ1) is 24.8. The summed E-state index contributed by atoms with van der Waals surface area (Å²) in [5.41, 5.74) is 2.39. The highest BCUT2D eigenvalue weighted by molar-refractivity contribution is 7.99. The summed E-state index contributed by atoms with van der Waals surface area (Å²) in [5, 5.41) is 5.22. The van der Waals surface area contributed by atoms with E-state index in [2.05, 4.69) is 10.00 Å². The molecule has 4 rings (SSSR count). The molecule has 9 heteroatoms. The van der Waals surface area contributed by atoms with E-state index in [-0.39, 0.29) is 29.6 Å². The van der Waals surface area contributed by atoms with Gasteiger partial charge in [-0.05, 0) is 19.1 Å². The summed E-state index contributed by atoms with van der Waals surface area (Å²) in [6.07, 6.45) is 0. The molecule has 0 radical (unpaired) electrons. The molecule has 6 nitrogen and oxygen atoms in total. The standard InChI is InChI=1S/C25H25Cl2N3O3S/c1-16-22(25(29(2)28-16)33-15-21(31)17-6-4-3-5-7-17)24(32)18-8-9-20(26)19(23(18)27)14-30-10-12-34-13-11-30/h3-9H,10-15H2,1-2H3. The SMILES string of the molecule is Cc1nn(C)c(OCC(=O)c2ccccc2)c1C(=O)c1ccc(Cl)c(CN2CCSCC2)c1Cl. The Kier molecular flexibility index (Phi) is 7.99. The van der Waals surface area contributed by atoms with Gasteiger partial charge in [-0.15, -0.1) is 0 Å². The predicted molar refractivity (Wildman–Crippen MR) is 137 cm³/mol. The number of carbonyl (C=O) groups excluding carboxylic acids is 2. The van der Waals surface area contributed by atoms with Crippen LogP contribution in [0.1, 0.15) is 37.5 Å². The molecule has 178 valence electrons. The second kappa shape index (κ2) is 11.0. The summed E-state index contributed by atoms with van der Waals surface area (Å²) in [4.78, 5) is 28.4. The lowest BCUT2D eigenvalue weighted by Gasteiger charge is -2.27. The minimum Gasteiger partial charge on any atom is -0.469 e. The van der Waals surface area contributed by atoms with Crippen molar-refractivity contribution in [3.05, 3.63) is 80.5 Å². The number of thioether (sulfide) groups is 1. The van der Waals surface area contributed by atoms with Crippen LogP contribution in [0.5, 0.6) is 5.88 Å². The minimum absolute atomic E-state index is 0.190. The molecule has 1 fully saturated rings. The fourth-order valence-electron chi connectivity index (χ4n) is 3.94. The predicted octanol–water partition coefficient (Wildman–Crippen LogP) is 5.08. The Morgan fingerprint density at radius 3 is 2.50 bits per heavy atom. The lowest BCUT2D eigenvalue weighted by atomic mass is 10.0. The van der Waals surface area contributed by atoms with Gasteiger partial charge in [0.2, 0.25) is 11.7 Å². The molecule has 1 saturated heterocycles. The molecule has 2 aromatic carbocycles. The number of carbonyl (C=O) groups is 2. The Bertz CT molecular complexity index is 1210. The van der Waals surface area contributed by atoms with Crippen molar-refractivity contribution in [3.8, 4) is 5.88 Å². The molecule has 1 aliphatic heterocycles. The molecule has 3 aromatic rings. The van der Waals surface area contributed by atoms with Crippen LogP contribution in [0.15, 0.2) is 42.5 Å². The third kappa shape index (κ3) is 5.33. The number of rotatable bonds is 8. The Hall–Kier alpha value is -2.32. The molecule has 0 unspecified atom stereocenters. The molecule has 2 heterocycles. The van der Waals surface area contributed by atoms with Crippen LogP contribution in [0.2, 0.25) is 10.0 Å². The lowest BCUT2D eigenvalue weighted by molar-refractivity contribution is 0.0908. The molecule has 34 heavy (non-hydrogen) atoms. The van der Waals surface area contributed by atoms with Crippen molar-refractivity contribution in [1.82, 2.24) is 14.7 Å². The smallest absolute Gasteiger partial charge is 0.223 e. The van der Waals surface area contributed by atoms with E-state index in [1.54, 1.807) is 50.4 Å². The van der Waals surface area contributed by atoms with E-state index in [4.69, 9.17) is 27.9 Å². The van der Waals surface area contributed by atoms with Gasteiger partial charge in [0.1, 0.15) is 5.56 Å². The van der Waals surface area contributed by atoms with Gasteiger partial charge < -0.3 is 4.74 Å². The van der Waals surface area contributed by atoms with Crippen LogP contribution in [-0.2, 0) is 13.6 Å². The number of hydrogen-bond acceptors (Lipinski definition) is 6. The van der Waals surface area contributed by atoms with Gasteiger partial charge in [0.15, 0.2) is 12.4 Å². The highest BCUT2D eigenvalue weighted by Crippen LogP contribution is 2.34. The summed E-state index contributed by atoms with van der Waals surface area (Å²) < 4.78 is 7.28. The molecule has 0 bridgehead atoms. The second-order valence-electron chi connectivity index (χ2n) is 8.07. The van der Waals surface area contributed by atoms with E-state index < -0.39 is 0 Å². The molecular weight excluding hydrogens is 493 g/mol. The van der Waals surface area contributed by atoms with Crippen LogP contribution in [0.4, 0.5) is 0 Å². The number of Topliss-reactive ketones (excluding diaryl/α,β-unsaturated/α-hetero) is 1. The van der Waals surface area contributed by atoms with Gasteiger partial charge in [-0.2, -0.15) is 16.9 Å². The Labute approximate surface area is 213 Å². The van der Waals surface area contributed by atoms with Crippen molar-refractivity contribution in [2.24, 2.45) is 7.05 Å². The number of nitrogens with zero attached hydrogens (tertiary/aromatic N) is 3. The Morgan fingerprint density at radius 1 is 1.09 bits per heavy atom. The maximum Gasteiger partial charge on any atom is 0.223 e. The molecule has 0 N–H and O–H groups in total. The van der Waals surface area contributed by atoms with Crippen LogP contribution in [-0.4, -0.2) is 57.4 Å². The quantitative estimate of drug-likeness (QED) is 0.388. The van der Waals surface area contributed by atoms with Gasteiger partial charge in [0, 0.05) is 59.9 Å². The zero-order valence-electron chi connectivity index (χ0n) is 19.0. The van der Waals surface area contributed by atoms with Gasteiger partial charge in [-0.25, -0.2) is 4.68 Å². The summed E-state index contributed by atoms with van der Waals surface area (Å²) >= 11 is 15.1. The van der Waals surface area contributed by atoms with Crippen LogP contribution < -0.4 is 4.74 Å². The monoisotopic (exact) mass is 517 g/mol. The molecule has 0 aliphatic carbocycles. The second-order valence-corrected chi connectivity index (χ2v) is 10.1. The molecule has 1 aliphatic rings. The van der Waals surface area contributed by atoms with E-state index >= 15 is 0 Å². The van der Waals surface area contributed by atoms with E-state index in [0.29, 0.717) is 33.4 Å². The number of ketones is 2. The first-order chi connectivity index (χ1) is 16.4. The molecule has 0 saturated carbocycles. The van der Waals surface area contributed by atoms with Crippen LogP contribution in [0.25, 0.3) is 0 Å². The largest absolute Gasteiger partial charge is 0.469 e. The van der Waals surface area contributed by atoms with Crippen molar-refractivity contribution in [3.63, 3.8) is 0 Å². The zero-order chi connectivity index (χ0) is 24.2. The molecular formula is C25H25Cl2N3O3S. The van der Waals surface area contributed by atoms with Crippen molar-refractivity contribution in [2.45, 2.75) is 13.5 Å². The third-order valence-electron chi connectivity index (χ3n) is 5.75. The van der Waals surface area contributed by atoms with E-state index in [9.17, 15) is 9.59 Å². The van der Waals surface area contributed by atoms with Gasteiger partial charge >= 0.3 is 0 Å². The average Bonchev–Trinajstić information content (AvgIpc) is 3.13. The number of benzene rings is 2. The van der Waals surface area contributed by atoms with Gasteiger partial charge in [0.05, 0.1) is 10.7 Å². The van der Waals surface area contributed by atoms with Gasteiger partial charge in [-0.3, -0.25) is 14.5 Å². The minimum atomic E-state index is -0.315. The lowest BCUT2D eigenvalue weighted by Crippen LogP contribution is -2.32. The molecule has 0 spiro atoms. The van der Waals surface area contributed by atoms with Crippen molar-refractivity contribution in [2.75, 3.05) is 31.2 Å². The van der Waals surface area contributed by atoms with Crippen LogP contribution >= 0.6 is 35.0 Å². The number of ether oxygens (including phenoxy) is 1. The Morgan fingerprint density at radius 2 is 1.79 bits per heavy atom. The van der Waals surface area contributed by atoms with Crippen molar-refractivity contribution >= 4 is 46.5 Å². The van der Waals surface area contributed by atoms with Gasteiger partial charge in [-0.1, -0.05) is 53.5 Å². The van der Waals surface area contributed by atoms with Crippen LogP contribution in [0, 0.1) is 6.92 Å². The number of halogens is 2. The average molecular weight is 518 g/mol. The normalized spacial score (nSPS) is 14.2. The number of aryl methyl sites for hydroxylation is 2. The van der Waals surface area contributed by atoms with E-state index in [1.165, 1.54) is 4.68 Å². The maximum atomic E-state index is 13.6. The highest BCUT2D eigenvalue weighted by Gasteiger charge is 2.27. The topological polar surface area (TPSA) is 64.4 Å². The molecule has 0 amide bonds. The number of hydrogen-bond donors (Lipinski definition) is 0. The summed E-state index contributed by atoms with van der Waals surface area (Å²) in [6.45, 7) is 4.00. The van der Waals surface area contributed by atoms with Crippen molar-refractivity contribution in [1.29, 1.82) is 0 Å². The molecule has 1 aromatic heterocycles. The zero-order valence-corrected chi connectivity index (χ0v) is 21.3. The third-order valence-corrected chi connectivity index (χ3v) is 7.48. The fraction of sp³-hybridized carbons (Fsp3) is 0.320. The maximum absolute atomic E-state index is 13.6. The first-order valence-corrected chi connectivity index (χ1v) is 12.8. The molecule has 0 atom stereocenters. The summed E-state index contributed by atoms with van der Waals surface area (Å²) in [7, 11) is 1.68. The fourth-order valence-corrected chi connectivity index (χ4v) is 5.50.